The van der Waals surface area contributed by atoms with Gasteiger partial charge in [-0.25, -0.2) is 0 Å². The van der Waals surface area contributed by atoms with Gasteiger partial charge in [0.25, 0.3) is 5.91 Å². The standard InChI is InChI=1S/C10H12ClNO2/c1-7-2-3-8(9(13)6-7)10(14)12-5-4-11/h2-3,6,13H,4-5H2,1H3,(H,12,14). The number of hydrogen-bond donors (Lipinski definition) is 2. The van der Waals surface area contributed by atoms with Gasteiger partial charge in [0, 0.05) is 12.4 Å². The summed E-state index contributed by atoms with van der Waals surface area (Å²) in [6, 6.07) is 4.92. The third kappa shape index (κ3) is 2.64. The summed E-state index contributed by atoms with van der Waals surface area (Å²) in [7, 11) is 0. The van der Waals surface area contributed by atoms with Gasteiger partial charge in [-0.1, -0.05) is 6.07 Å². The molecule has 0 radical (unpaired) electrons. The fourth-order valence-corrected chi connectivity index (χ4v) is 1.18. The van der Waals surface area contributed by atoms with Crippen molar-refractivity contribution in [2.24, 2.45) is 0 Å². The third-order valence-electron chi connectivity index (χ3n) is 1.78. The van der Waals surface area contributed by atoms with E-state index < -0.39 is 0 Å². The zero-order valence-electron chi connectivity index (χ0n) is 7.88. The largest absolute Gasteiger partial charge is 0.507 e. The minimum atomic E-state index is -0.303. The van der Waals surface area contributed by atoms with E-state index in [4.69, 9.17) is 11.6 Å². The van der Waals surface area contributed by atoms with E-state index >= 15 is 0 Å². The number of carbonyl (C=O) groups excluding carboxylic acids is 1. The van der Waals surface area contributed by atoms with Crippen molar-refractivity contribution in [2.75, 3.05) is 12.4 Å². The molecule has 76 valence electrons. The van der Waals surface area contributed by atoms with E-state index in [0.29, 0.717) is 12.4 Å². The summed E-state index contributed by atoms with van der Waals surface area (Å²) in [6.07, 6.45) is 0. The Morgan fingerprint density at radius 3 is 2.86 bits per heavy atom. The Kier molecular flexibility index (Phi) is 3.77. The molecule has 0 fully saturated rings. The van der Waals surface area contributed by atoms with Gasteiger partial charge >= 0.3 is 0 Å². The normalized spacial score (nSPS) is 9.86. The Morgan fingerprint density at radius 2 is 2.29 bits per heavy atom. The quantitative estimate of drug-likeness (QED) is 0.751. The molecular formula is C10H12ClNO2. The molecule has 14 heavy (non-hydrogen) atoms. The van der Waals surface area contributed by atoms with Crippen molar-refractivity contribution in [3.8, 4) is 5.75 Å². The summed E-state index contributed by atoms with van der Waals surface area (Å²) >= 11 is 5.42. The van der Waals surface area contributed by atoms with Crippen LogP contribution in [-0.4, -0.2) is 23.4 Å². The van der Waals surface area contributed by atoms with Crippen LogP contribution >= 0.6 is 11.6 Å². The number of phenolic OH excluding ortho intramolecular Hbond substituents is 1. The number of carbonyl (C=O) groups is 1. The van der Waals surface area contributed by atoms with Gasteiger partial charge in [0.05, 0.1) is 5.56 Å². The first-order valence-corrected chi connectivity index (χ1v) is 4.82. The summed E-state index contributed by atoms with van der Waals surface area (Å²) in [5.41, 5.74) is 1.19. The van der Waals surface area contributed by atoms with Crippen LogP contribution in [0.1, 0.15) is 15.9 Å². The summed E-state index contributed by atoms with van der Waals surface area (Å²) < 4.78 is 0. The predicted octanol–water partition coefficient (Wildman–Crippen LogP) is 1.67. The van der Waals surface area contributed by atoms with Crippen molar-refractivity contribution in [1.82, 2.24) is 5.32 Å². The molecule has 0 aliphatic rings. The molecule has 0 aromatic heterocycles. The number of halogens is 1. The van der Waals surface area contributed by atoms with Crippen molar-refractivity contribution in [3.05, 3.63) is 29.3 Å². The molecule has 0 saturated heterocycles. The van der Waals surface area contributed by atoms with Gasteiger partial charge in [-0.05, 0) is 24.6 Å². The molecule has 1 rings (SSSR count). The Labute approximate surface area is 87.7 Å². The van der Waals surface area contributed by atoms with E-state index in [2.05, 4.69) is 5.32 Å². The van der Waals surface area contributed by atoms with Crippen LogP contribution in [0.4, 0.5) is 0 Å². The van der Waals surface area contributed by atoms with Gasteiger partial charge in [-0.3, -0.25) is 4.79 Å². The van der Waals surface area contributed by atoms with E-state index in [-0.39, 0.29) is 17.2 Å². The number of benzene rings is 1. The Balaban J connectivity index is 2.80. The second kappa shape index (κ2) is 4.86. The lowest BCUT2D eigenvalue weighted by atomic mass is 10.1. The zero-order chi connectivity index (χ0) is 10.6. The molecule has 0 bridgehead atoms. The van der Waals surface area contributed by atoms with Crippen LogP contribution in [0.15, 0.2) is 18.2 Å². The van der Waals surface area contributed by atoms with E-state index in [1.54, 1.807) is 18.2 Å². The number of aryl methyl sites for hydroxylation is 1. The summed E-state index contributed by atoms with van der Waals surface area (Å²) in [5.74, 6) is 0.0541. The molecule has 0 aliphatic carbocycles. The maximum atomic E-state index is 11.4. The molecule has 2 N–H and O–H groups in total. The molecule has 0 saturated carbocycles. The third-order valence-corrected chi connectivity index (χ3v) is 1.97. The molecule has 3 nitrogen and oxygen atoms in total. The molecule has 0 spiro atoms. The van der Waals surface area contributed by atoms with E-state index in [1.165, 1.54) is 0 Å². The van der Waals surface area contributed by atoms with Crippen molar-refractivity contribution in [2.45, 2.75) is 6.92 Å². The number of nitrogens with one attached hydrogen (secondary N) is 1. The monoisotopic (exact) mass is 213 g/mol. The zero-order valence-corrected chi connectivity index (χ0v) is 8.64. The van der Waals surface area contributed by atoms with E-state index in [9.17, 15) is 9.90 Å². The highest BCUT2D eigenvalue weighted by Crippen LogP contribution is 2.17. The topological polar surface area (TPSA) is 49.3 Å². The second-order valence-electron chi connectivity index (χ2n) is 2.97. The number of phenols is 1. The van der Waals surface area contributed by atoms with Gasteiger partial charge in [0.2, 0.25) is 0 Å². The predicted molar refractivity (Wildman–Crippen MR) is 55.9 cm³/mol. The van der Waals surface area contributed by atoms with Crippen LogP contribution in [0, 0.1) is 6.92 Å². The van der Waals surface area contributed by atoms with Crippen LogP contribution in [0.2, 0.25) is 0 Å². The van der Waals surface area contributed by atoms with Crippen LogP contribution in [-0.2, 0) is 0 Å². The van der Waals surface area contributed by atoms with Crippen LogP contribution in [0.25, 0.3) is 0 Å². The van der Waals surface area contributed by atoms with Crippen molar-refractivity contribution in [1.29, 1.82) is 0 Å². The highest BCUT2D eigenvalue weighted by Gasteiger charge is 2.09. The van der Waals surface area contributed by atoms with Crippen LogP contribution < -0.4 is 5.32 Å². The average molecular weight is 214 g/mol. The fraction of sp³-hybridized carbons (Fsp3) is 0.300. The van der Waals surface area contributed by atoms with E-state index in [1.807, 2.05) is 6.92 Å². The van der Waals surface area contributed by atoms with Gasteiger partial charge in [0.1, 0.15) is 5.75 Å². The molecule has 1 amide bonds. The molecule has 4 heteroatoms. The summed E-state index contributed by atoms with van der Waals surface area (Å²) in [4.78, 5) is 11.4. The van der Waals surface area contributed by atoms with Gasteiger partial charge < -0.3 is 10.4 Å². The minimum absolute atomic E-state index is 0.00271. The highest BCUT2D eigenvalue weighted by molar-refractivity contribution is 6.18. The van der Waals surface area contributed by atoms with Gasteiger partial charge in [0.15, 0.2) is 0 Å². The average Bonchev–Trinajstić information content (AvgIpc) is 2.14. The number of rotatable bonds is 3. The SMILES string of the molecule is Cc1ccc(C(=O)NCCCl)c(O)c1. The maximum absolute atomic E-state index is 11.4. The van der Waals surface area contributed by atoms with Crippen molar-refractivity contribution in [3.63, 3.8) is 0 Å². The number of hydrogen-bond acceptors (Lipinski definition) is 2. The number of aromatic hydroxyl groups is 1. The molecule has 1 aromatic carbocycles. The smallest absolute Gasteiger partial charge is 0.255 e. The molecular weight excluding hydrogens is 202 g/mol. The summed E-state index contributed by atoms with van der Waals surface area (Å²) in [6.45, 7) is 2.24. The van der Waals surface area contributed by atoms with Gasteiger partial charge in [-0.15, -0.1) is 11.6 Å². The lowest BCUT2D eigenvalue weighted by Gasteiger charge is -2.05. The lowest BCUT2D eigenvalue weighted by Crippen LogP contribution is -2.25. The summed E-state index contributed by atoms with van der Waals surface area (Å²) in [5, 5.41) is 12.0. The molecule has 0 heterocycles. The second-order valence-corrected chi connectivity index (χ2v) is 3.34. The number of amides is 1. The maximum Gasteiger partial charge on any atom is 0.255 e. The highest BCUT2D eigenvalue weighted by atomic mass is 35.5. The fourth-order valence-electron chi connectivity index (χ4n) is 1.09. The van der Waals surface area contributed by atoms with Crippen LogP contribution in [0.3, 0.4) is 0 Å². The molecule has 0 atom stereocenters. The van der Waals surface area contributed by atoms with Crippen LogP contribution in [0.5, 0.6) is 5.75 Å². The molecule has 0 aliphatic heterocycles. The molecule has 1 aromatic rings. The lowest BCUT2D eigenvalue weighted by molar-refractivity contribution is 0.0953. The Bertz CT molecular complexity index is 339. The van der Waals surface area contributed by atoms with Crippen molar-refractivity contribution >= 4 is 17.5 Å². The van der Waals surface area contributed by atoms with Crippen molar-refractivity contribution < 1.29 is 9.90 Å². The Hall–Kier alpha value is -1.22. The minimum Gasteiger partial charge on any atom is -0.507 e. The first-order chi connectivity index (χ1) is 6.65. The molecule has 0 unspecified atom stereocenters. The first-order valence-electron chi connectivity index (χ1n) is 4.29. The first kappa shape index (κ1) is 10.9. The van der Waals surface area contributed by atoms with E-state index in [0.717, 1.165) is 5.56 Å². The number of alkyl halides is 1. The Morgan fingerprint density at radius 1 is 1.57 bits per heavy atom. The van der Waals surface area contributed by atoms with Gasteiger partial charge in [-0.2, -0.15) is 0 Å².